The van der Waals surface area contributed by atoms with Crippen LogP contribution < -0.4 is 0 Å². The second-order valence-electron chi connectivity index (χ2n) is 7.63. The molecule has 0 saturated heterocycles. The van der Waals surface area contributed by atoms with Gasteiger partial charge in [0.05, 0.1) is 11.5 Å². The monoisotopic (exact) mass is 382 g/mol. The van der Waals surface area contributed by atoms with E-state index in [1.165, 1.54) is 0 Å². The van der Waals surface area contributed by atoms with E-state index in [2.05, 4.69) is 0 Å². The minimum absolute atomic E-state index is 0.0906. The molecule has 3 rings (SSSR count). The van der Waals surface area contributed by atoms with E-state index in [4.69, 9.17) is 14.0 Å². The Hall–Kier alpha value is -0.800. The zero-order chi connectivity index (χ0) is 18.5. The van der Waals surface area contributed by atoms with Crippen LogP contribution in [-0.4, -0.2) is 43.5 Å². The summed E-state index contributed by atoms with van der Waals surface area (Å²) in [6.07, 6.45) is 4.70. The topological polar surface area (TPSA) is 89.9 Å². The lowest BCUT2D eigenvalue weighted by molar-refractivity contribution is -0.195. The van der Waals surface area contributed by atoms with Gasteiger partial charge in [-0.1, -0.05) is 6.42 Å². The van der Waals surface area contributed by atoms with Crippen molar-refractivity contribution >= 4 is 16.1 Å². The minimum Gasteiger partial charge on any atom is -0.458 e. The fourth-order valence-electron chi connectivity index (χ4n) is 5.26. The summed E-state index contributed by atoms with van der Waals surface area (Å²) in [5, 5.41) is -4.50. The molecule has 3 aliphatic carbocycles. The summed E-state index contributed by atoms with van der Waals surface area (Å²) >= 11 is 0. The number of hydrogen-bond donors (Lipinski definition) is 1. The highest BCUT2D eigenvalue weighted by Gasteiger charge is 2.60. The van der Waals surface area contributed by atoms with Crippen molar-refractivity contribution in [1.82, 2.24) is 0 Å². The Balaban J connectivity index is 1.80. The molecular weight excluding hydrogens is 358 g/mol. The van der Waals surface area contributed by atoms with Crippen LogP contribution in [-0.2, 0) is 24.4 Å². The number of rotatable bonds is 6. The predicted octanol–water partition coefficient (Wildman–Crippen LogP) is 2.63. The minimum atomic E-state index is -5.62. The van der Waals surface area contributed by atoms with Crippen molar-refractivity contribution in [1.29, 1.82) is 0 Å². The quantitative estimate of drug-likeness (QED) is 0.561. The lowest BCUT2D eigenvalue weighted by Gasteiger charge is -2.57. The number of esters is 1. The number of alkyl halides is 2. The Labute approximate surface area is 146 Å². The average Bonchev–Trinajstić information content (AvgIpc) is 2.50. The maximum atomic E-state index is 13.4. The van der Waals surface area contributed by atoms with E-state index in [0.29, 0.717) is 31.3 Å². The Morgan fingerprint density at radius 2 is 1.92 bits per heavy atom. The van der Waals surface area contributed by atoms with E-state index in [1.807, 2.05) is 6.92 Å². The number of carbonyl (C=O) groups excluding carboxylic acids is 1. The normalized spacial score (nSPS) is 37.8. The number of carbonyl (C=O) groups is 1. The fourth-order valence-corrected chi connectivity index (χ4v) is 5.47. The third kappa shape index (κ3) is 3.30. The van der Waals surface area contributed by atoms with Crippen LogP contribution in [0.3, 0.4) is 0 Å². The van der Waals surface area contributed by atoms with E-state index in [0.717, 1.165) is 25.7 Å². The largest absolute Gasteiger partial charge is 0.458 e. The van der Waals surface area contributed by atoms with Crippen LogP contribution in [0.15, 0.2) is 0 Å². The van der Waals surface area contributed by atoms with Gasteiger partial charge in [-0.05, 0) is 50.9 Å². The summed E-state index contributed by atoms with van der Waals surface area (Å²) in [6, 6.07) is 0. The van der Waals surface area contributed by atoms with Gasteiger partial charge in [0.2, 0.25) is 0 Å². The number of ether oxygens (including phenoxy) is 2. The van der Waals surface area contributed by atoms with E-state index < -0.39 is 33.4 Å². The maximum Gasteiger partial charge on any atom is 0.402 e. The van der Waals surface area contributed by atoms with Gasteiger partial charge in [-0.3, -0.25) is 9.35 Å². The third-order valence-corrected chi connectivity index (χ3v) is 6.99. The molecule has 6 nitrogen and oxygen atoms in total. The van der Waals surface area contributed by atoms with Crippen molar-refractivity contribution in [2.75, 3.05) is 13.2 Å². The van der Waals surface area contributed by atoms with Gasteiger partial charge in [-0.2, -0.15) is 17.2 Å². The van der Waals surface area contributed by atoms with Crippen LogP contribution in [0.1, 0.15) is 45.4 Å². The van der Waals surface area contributed by atoms with Crippen molar-refractivity contribution < 1.29 is 36.0 Å². The predicted molar refractivity (Wildman–Crippen MR) is 83.5 cm³/mol. The van der Waals surface area contributed by atoms with Crippen molar-refractivity contribution in [3.8, 4) is 0 Å². The molecule has 0 aliphatic heterocycles. The molecule has 0 aromatic carbocycles. The first kappa shape index (κ1) is 19.0. The standard InChI is InChI=1S/C16H24F2O6S/c1-2-23-13-6-11-5-10-3-4-12(13)15(7-10,8-11)14(19)24-9-16(17,18)25(20,21)22/h10-13H,2-9H2,1H3,(H,20,21,22). The molecule has 144 valence electrons. The Morgan fingerprint density at radius 3 is 2.56 bits per heavy atom. The molecule has 0 heterocycles. The highest BCUT2D eigenvalue weighted by molar-refractivity contribution is 7.86. The molecule has 9 heteroatoms. The molecule has 3 fully saturated rings. The van der Waals surface area contributed by atoms with Gasteiger partial charge in [-0.15, -0.1) is 0 Å². The summed E-state index contributed by atoms with van der Waals surface area (Å²) in [7, 11) is -5.62. The molecule has 0 aromatic heterocycles. The van der Waals surface area contributed by atoms with Gasteiger partial charge in [0.15, 0.2) is 6.61 Å². The Kier molecular flexibility index (Phi) is 4.87. The first-order valence-corrected chi connectivity index (χ1v) is 10.2. The summed E-state index contributed by atoms with van der Waals surface area (Å²) in [6.45, 7) is 0.741. The van der Waals surface area contributed by atoms with Crippen molar-refractivity contribution in [3.63, 3.8) is 0 Å². The zero-order valence-corrected chi connectivity index (χ0v) is 14.9. The summed E-state index contributed by atoms with van der Waals surface area (Å²) in [5.74, 6) is -0.208. The van der Waals surface area contributed by atoms with Gasteiger partial charge in [0.1, 0.15) is 0 Å². The first-order valence-electron chi connectivity index (χ1n) is 8.73. The Bertz CT molecular complexity index is 633. The van der Waals surface area contributed by atoms with Crippen LogP contribution in [0.25, 0.3) is 0 Å². The SMILES string of the molecule is CCOC1CC2CC3CCC1C(C(=O)OCC(F)(F)S(=O)(=O)O)(C3)C2. The molecule has 0 radical (unpaired) electrons. The van der Waals surface area contributed by atoms with Crippen LogP contribution >= 0.6 is 0 Å². The lowest BCUT2D eigenvalue weighted by Crippen LogP contribution is -2.57. The Morgan fingerprint density at radius 1 is 1.24 bits per heavy atom. The molecule has 3 bridgehead atoms. The molecule has 5 unspecified atom stereocenters. The molecule has 0 aromatic rings. The van der Waals surface area contributed by atoms with Crippen molar-refractivity contribution in [2.45, 2.75) is 56.8 Å². The van der Waals surface area contributed by atoms with Gasteiger partial charge < -0.3 is 9.47 Å². The van der Waals surface area contributed by atoms with Gasteiger partial charge >= 0.3 is 21.3 Å². The molecule has 25 heavy (non-hydrogen) atoms. The summed E-state index contributed by atoms with van der Waals surface area (Å²) in [5.41, 5.74) is -0.876. The number of fused-ring (bicyclic) bond motifs is 2. The first-order chi connectivity index (χ1) is 11.6. The second-order valence-corrected chi connectivity index (χ2v) is 9.18. The van der Waals surface area contributed by atoms with Gasteiger partial charge in [0.25, 0.3) is 0 Å². The molecule has 3 aliphatic rings. The second kappa shape index (κ2) is 6.42. The third-order valence-electron chi connectivity index (χ3n) is 6.12. The summed E-state index contributed by atoms with van der Waals surface area (Å²) in [4.78, 5) is 12.8. The van der Waals surface area contributed by atoms with Crippen LogP contribution in [0.4, 0.5) is 8.78 Å². The smallest absolute Gasteiger partial charge is 0.402 e. The van der Waals surface area contributed by atoms with Gasteiger partial charge in [0, 0.05) is 12.5 Å². The average molecular weight is 382 g/mol. The van der Waals surface area contributed by atoms with Crippen LogP contribution in [0.2, 0.25) is 0 Å². The maximum absolute atomic E-state index is 13.4. The van der Waals surface area contributed by atoms with Gasteiger partial charge in [-0.25, -0.2) is 0 Å². The highest BCUT2D eigenvalue weighted by Crippen LogP contribution is 2.60. The molecule has 1 N–H and O–H groups in total. The van der Waals surface area contributed by atoms with Crippen molar-refractivity contribution in [3.05, 3.63) is 0 Å². The zero-order valence-electron chi connectivity index (χ0n) is 14.1. The van der Waals surface area contributed by atoms with Crippen LogP contribution in [0, 0.1) is 23.2 Å². The summed E-state index contributed by atoms with van der Waals surface area (Å²) < 4.78 is 67.4. The fraction of sp³-hybridized carbons (Fsp3) is 0.938. The molecule has 0 spiro atoms. The highest BCUT2D eigenvalue weighted by atomic mass is 32.2. The van der Waals surface area contributed by atoms with Crippen LogP contribution in [0.5, 0.6) is 0 Å². The molecular formula is C16H24F2O6S. The molecule has 3 saturated carbocycles. The van der Waals surface area contributed by atoms with E-state index >= 15 is 0 Å². The molecule has 0 amide bonds. The lowest BCUT2D eigenvalue weighted by atomic mass is 9.48. The number of halogens is 2. The number of hydrogen-bond acceptors (Lipinski definition) is 5. The molecule has 5 atom stereocenters. The van der Waals surface area contributed by atoms with E-state index in [9.17, 15) is 22.0 Å². The van der Waals surface area contributed by atoms with E-state index in [-0.39, 0.29) is 12.0 Å². The van der Waals surface area contributed by atoms with Crippen molar-refractivity contribution in [2.24, 2.45) is 23.2 Å². The van der Waals surface area contributed by atoms with E-state index in [1.54, 1.807) is 0 Å².